The second-order valence-corrected chi connectivity index (χ2v) is 3.12. The molecule has 11 heavy (non-hydrogen) atoms. The van der Waals surface area contributed by atoms with E-state index in [1.807, 2.05) is 0 Å². The molecule has 0 unspecified atom stereocenters. The minimum Gasteiger partial charge on any atom is -0.378 e. The lowest BCUT2D eigenvalue weighted by atomic mass is 10.3. The topological polar surface area (TPSA) is 6.48 Å². The molecule has 0 saturated carbocycles. The van der Waals surface area contributed by atoms with E-state index in [4.69, 9.17) is 0 Å². The standard InChI is InChI=1S/C9H15N2/c1-10(2)8-5-6-9(7-8)11(3)4/h5-7H,1-4H3. The first-order valence-corrected chi connectivity index (χ1v) is 3.72. The first-order chi connectivity index (χ1) is 5.11. The maximum atomic E-state index is 2.17. The number of hydrogen-bond donors (Lipinski definition) is 0. The Morgan fingerprint density at radius 1 is 0.909 bits per heavy atom. The second-order valence-electron chi connectivity index (χ2n) is 3.12. The van der Waals surface area contributed by atoms with Crippen LogP contribution in [0, 0.1) is 6.04 Å². The van der Waals surface area contributed by atoms with Crippen LogP contribution >= 0.6 is 0 Å². The fourth-order valence-corrected chi connectivity index (χ4v) is 0.975. The van der Waals surface area contributed by atoms with E-state index in [0.29, 0.717) is 0 Å². The number of hydrogen-bond acceptors (Lipinski definition) is 2. The summed E-state index contributed by atoms with van der Waals surface area (Å²) in [6.45, 7) is 0. The smallest absolute Gasteiger partial charge is 0.0858 e. The molecule has 1 aliphatic rings. The van der Waals surface area contributed by atoms with Crippen LogP contribution in [0.3, 0.4) is 0 Å². The van der Waals surface area contributed by atoms with Crippen LogP contribution in [-0.4, -0.2) is 38.0 Å². The maximum absolute atomic E-state index is 2.17. The predicted octanol–water partition coefficient (Wildman–Crippen LogP) is 1.10. The molecule has 0 bridgehead atoms. The van der Waals surface area contributed by atoms with Crippen molar-refractivity contribution in [2.75, 3.05) is 28.2 Å². The van der Waals surface area contributed by atoms with Crippen LogP contribution in [0.2, 0.25) is 0 Å². The highest BCUT2D eigenvalue weighted by Gasteiger charge is 2.12. The Morgan fingerprint density at radius 3 is 1.82 bits per heavy atom. The molecular weight excluding hydrogens is 136 g/mol. The van der Waals surface area contributed by atoms with E-state index in [9.17, 15) is 0 Å². The summed E-state index contributed by atoms with van der Waals surface area (Å²) in [6, 6.07) is 1.26. The second kappa shape index (κ2) is 3.09. The van der Waals surface area contributed by atoms with Crippen LogP contribution in [0.1, 0.15) is 0 Å². The van der Waals surface area contributed by atoms with Gasteiger partial charge in [0.1, 0.15) is 0 Å². The average Bonchev–Trinajstić information content (AvgIpc) is 2.33. The van der Waals surface area contributed by atoms with Crippen LogP contribution in [0.15, 0.2) is 23.9 Å². The molecule has 61 valence electrons. The number of nitrogens with zero attached hydrogens (tertiary/aromatic N) is 2. The molecule has 1 aliphatic carbocycles. The Kier molecular flexibility index (Phi) is 2.35. The first kappa shape index (κ1) is 8.34. The average molecular weight is 151 g/mol. The Morgan fingerprint density at radius 2 is 1.55 bits per heavy atom. The van der Waals surface area contributed by atoms with Crippen molar-refractivity contribution in [1.82, 2.24) is 9.80 Å². The van der Waals surface area contributed by atoms with Gasteiger partial charge >= 0.3 is 0 Å². The van der Waals surface area contributed by atoms with Crippen LogP contribution in [0.4, 0.5) is 0 Å². The van der Waals surface area contributed by atoms with E-state index >= 15 is 0 Å². The Bertz CT molecular complexity index is 190. The van der Waals surface area contributed by atoms with Gasteiger partial charge in [-0.1, -0.05) is 6.08 Å². The Labute approximate surface area is 68.8 Å². The van der Waals surface area contributed by atoms with E-state index in [1.54, 1.807) is 0 Å². The summed E-state index contributed by atoms with van der Waals surface area (Å²) in [5, 5.41) is 0. The molecule has 0 aromatic heterocycles. The van der Waals surface area contributed by atoms with E-state index in [-0.39, 0.29) is 0 Å². The van der Waals surface area contributed by atoms with Gasteiger partial charge in [-0.25, -0.2) is 0 Å². The van der Waals surface area contributed by atoms with E-state index in [0.717, 1.165) is 0 Å². The molecule has 0 atom stereocenters. The van der Waals surface area contributed by atoms with Crippen LogP contribution in [0.5, 0.6) is 0 Å². The summed E-state index contributed by atoms with van der Waals surface area (Å²) in [5.74, 6) is 0. The van der Waals surface area contributed by atoms with Gasteiger partial charge in [0.15, 0.2) is 0 Å². The Balaban J connectivity index is 2.63. The summed E-state index contributed by atoms with van der Waals surface area (Å²) in [4.78, 5) is 4.21. The summed E-state index contributed by atoms with van der Waals surface area (Å²) in [7, 11) is 8.20. The molecule has 0 spiro atoms. The van der Waals surface area contributed by atoms with Gasteiger partial charge in [-0.3, -0.25) is 4.90 Å². The van der Waals surface area contributed by atoms with Crippen molar-refractivity contribution in [3.63, 3.8) is 0 Å². The molecule has 0 fully saturated rings. The lowest BCUT2D eigenvalue weighted by Crippen LogP contribution is -2.15. The van der Waals surface area contributed by atoms with E-state index in [1.165, 1.54) is 11.7 Å². The van der Waals surface area contributed by atoms with Crippen LogP contribution < -0.4 is 0 Å². The van der Waals surface area contributed by atoms with Gasteiger partial charge in [0, 0.05) is 19.8 Å². The quantitative estimate of drug-likeness (QED) is 0.583. The van der Waals surface area contributed by atoms with Crippen molar-refractivity contribution in [3.05, 3.63) is 30.0 Å². The molecule has 0 aromatic carbocycles. The van der Waals surface area contributed by atoms with Crippen molar-refractivity contribution >= 4 is 0 Å². The van der Waals surface area contributed by atoms with Gasteiger partial charge in [0.05, 0.1) is 6.04 Å². The van der Waals surface area contributed by atoms with Gasteiger partial charge in [0.25, 0.3) is 0 Å². The largest absolute Gasteiger partial charge is 0.378 e. The fourth-order valence-electron chi connectivity index (χ4n) is 0.975. The number of likely N-dealkylation sites (N-methyl/N-ethyl adjacent to an activating group) is 2. The molecule has 0 aromatic rings. The van der Waals surface area contributed by atoms with Crippen molar-refractivity contribution in [1.29, 1.82) is 0 Å². The van der Waals surface area contributed by atoms with Crippen molar-refractivity contribution in [3.8, 4) is 0 Å². The summed E-state index contributed by atoms with van der Waals surface area (Å²) < 4.78 is 0. The van der Waals surface area contributed by atoms with Gasteiger partial charge in [-0.2, -0.15) is 0 Å². The summed E-state index contributed by atoms with van der Waals surface area (Å²) in [6.07, 6.45) is 6.41. The highest BCUT2D eigenvalue weighted by atomic mass is 15.1. The van der Waals surface area contributed by atoms with Gasteiger partial charge in [-0.05, 0) is 26.2 Å². The van der Waals surface area contributed by atoms with Crippen LogP contribution in [0.25, 0.3) is 0 Å². The van der Waals surface area contributed by atoms with Crippen LogP contribution in [-0.2, 0) is 0 Å². The van der Waals surface area contributed by atoms with E-state index in [2.05, 4.69) is 56.2 Å². The molecule has 0 N–H and O–H groups in total. The maximum Gasteiger partial charge on any atom is 0.0858 e. The highest BCUT2D eigenvalue weighted by Crippen LogP contribution is 2.20. The lowest BCUT2D eigenvalue weighted by Gasteiger charge is -2.14. The SMILES string of the molecule is CN(C)[C]1C=CC(N(C)C)=C1. The summed E-state index contributed by atoms with van der Waals surface area (Å²) in [5.41, 5.74) is 1.26. The zero-order valence-corrected chi connectivity index (χ0v) is 7.63. The van der Waals surface area contributed by atoms with Crippen molar-refractivity contribution < 1.29 is 0 Å². The predicted molar refractivity (Wildman–Crippen MR) is 47.8 cm³/mol. The van der Waals surface area contributed by atoms with Gasteiger partial charge in [0.2, 0.25) is 0 Å². The molecule has 0 aliphatic heterocycles. The van der Waals surface area contributed by atoms with Gasteiger partial charge < -0.3 is 4.90 Å². The monoisotopic (exact) mass is 151 g/mol. The fraction of sp³-hybridized carbons (Fsp3) is 0.444. The third kappa shape index (κ3) is 1.84. The minimum atomic E-state index is 1.26. The van der Waals surface area contributed by atoms with Crippen molar-refractivity contribution in [2.45, 2.75) is 0 Å². The van der Waals surface area contributed by atoms with E-state index < -0.39 is 0 Å². The van der Waals surface area contributed by atoms with Crippen molar-refractivity contribution in [2.24, 2.45) is 0 Å². The molecule has 0 heterocycles. The minimum absolute atomic E-state index is 1.26. The molecule has 1 rings (SSSR count). The number of rotatable bonds is 2. The normalized spacial score (nSPS) is 17.7. The third-order valence-electron chi connectivity index (χ3n) is 1.75. The molecule has 2 heteroatoms. The molecular formula is C9H15N2. The molecule has 0 saturated heterocycles. The molecule has 1 radical (unpaired) electrons. The molecule has 0 amide bonds. The Hall–Kier alpha value is -0.760. The summed E-state index contributed by atoms with van der Waals surface area (Å²) >= 11 is 0. The zero-order valence-electron chi connectivity index (χ0n) is 7.63. The third-order valence-corrected chi connectivity index (χ3v) is 1.75. The first-order valence-electron chi connectivity index (χ1n) is 3.72. The lowest BCUT2D eigenvalue weighted by molar-refractivity contribution is 0.474. The highest BCUT2D eigenvalue weighted by molar-refractivity contribution is 5.38. The number of allylic oxidation sites excluding steroid dienone is 1. The molecule has 2 nitrogen and oxygen atoms in total. The zero-order chi connectivity index (χ0) is 8.43. The van der Waals surface area contributed by atoms with Gasteiger partial charge in [-0.15, -0.1) is 0 Å².